The number of benzene rings is 1. The van der Waals surface area contributed by atoms with Crippen LogP contribution in [0, 0.1) is 17.8 Å². The fourth-order valence-electron chi connectivity index (χ4n) is 7.36. The molecule has 10 nitrogen and oxygen atoms in total. The number of nitrogens with zero attached hydrogens (tertiary/aromatic N) is 2. The van der Waals surface area contributed by atoms with Crippen LogP contribution in [0.25, 0.3) is 0 Å². The normalized spacial score (nSPS) is 34.7. The number of carbonyl (C=O) groups excluding carboxylic acids is 3. The Morgan fingerprint density at radius 1 is 1.13 bits per heavy atom. The van der Waals surface area contributed by atoms with E-state index in [0.29, 0.717) is 39.3 Å². The van der Waals surface area contributed by atoms with Gasteiger partial charge in [-0.05, 0) is 31.2 Å². The summed E-state index contributed by atoms with van der Waals surface area (Å²) < 4.78 is 12.2. The van der Waals surface area contributed by atoms with Crippen LogP contribution in [0.5, 0.6) is 0 Å². The fraction of sp³-hybridized carbons (Fsp3) is 0.690. The molecule has 4 fully saturated rings. The number of fused-ring (bicyclic) bond motifs is 1. The van der Waals surface area contributed by atoms with Gasteiger partial charge in [0.1, 0.15) is 11.6 Å². The van der Waals surface area contributed by atoms with Crippen molar-refractivity contribution >= 4 is 17.7 Å². The standard InChI is InChI=1S/C29H42N4O6/c1-4-10-30-25(35)22-23-27(37)33(21(18-34)20-8-6-5-7-9-20)24(29(23)17-19(2)28(22,3)39-29)26(36)31-11-12-32-13-15-38-16-14-32/h5-9,19,21-24,34H,4,10-18H2,1-3H3,(H,30,35)(H,31,36)/t19?,21-,22+,23+,24?,28-,29?/m1/s1. The molecule has 214 valence electrons. The number of hydrogen-bond acceptors (Lipinski definition) is 7. The molecule has 2 bridgehead atoms. The molecule has 0 aliphatic carbocycles. The molecule has 5 rings (SSSR count). The summed E-state index contributed by atoms with van der Waals surface area (Å²) in [5, 5.41) is 16.6. The number of nitrogens with one attached hydrogen (secondary N) is 2. The van der Waals surface area contributed by atoms with Gasteiger partial charge in [0.2, 0.25) is 17.7 Å². The van der Waals surface area contributed by atoms with Crippen molar-refractivity contribution in [1.29, 1.82) is 0 Å². The SMILES string of the molecule is CCCNC(=O)[C@@H]1[C@H]2C(=O)N([C@H](CO)c3ccccc3)C(C(=O)NCCN3CCOCC3)C23CC(C)[C@@]1(C)O3. The first-order valence-electron chi connectivity index (χ1n) is 14.3. The molecule has 1 aromatic rings. The average Bonchev–Trinajstić information content (AvgIpc) is 3.46. The van der Waals surface area contributed by atoms with Gasteiger partial charge >= 0.3 is 0 Å². The number of ether oxygens (including phenoxy) is 2. The van der Waals surface area contributed by atoms with Crippen molar-refractivity contribution in [1.82, 2.24) is 20.4 Å². The Balaban J connectivity index is 1.50. The molecule has 0 aromatic heterocycles. The third-order valence-electron chi connectivity index (χ3n) is 9.36. The number of aliphatic hydroxyl groups is 1. The third kappa shape index (κ3) is 4.65. The third-order valence-corrected chi connectivity index (χ3v) is 9.36. The number of morpholine rings is 1. The Morgan fingerprint density at radius 3 is 2.49 bits per heavy atom. The quantitative estimate of drug-likeness (QED) is 0.398. The Kier molecular flexibility index (Phi) is 8.01. The zero-order chi connectivity index (χ0) is 27.8. The number of likely N-dealkylation sites (tertiary alicyclic amines) is 1. The van der Waals surface area contributed by atoms with Gasteiger partial charge in [-0.2, -0.15) is 0 Å². The highest BCUT2D eigenvalue weighted by atomic mass is 16.5. The van der Waals surface area contributed by atoms with Crippen molar-refractivity contribution in [2.24, 2.45) is 17.8 Å². The first-order chi connectivity index (χ1) is 18.8. The Labute approximate surface area is 230 Å². The molecule has 10 heteroatoms. The number of aliphatic hydroxyl groups excluding tert-OH is 1. The number of rotatable bonds is 10. The van der Waals surface area contributed by atoms with Crippen LogP contribution in [0.2, 0.25) is 0 Å². The van der Waals surface area contributed by atoms with Crippen molar-refractivity contribution in [2.75, 3.05) is 52.5 Å². The minimum atomic E-state index is -1.15. The van der Waals surface area contributed by atoms with Crippen molar-refractivity contribution in [3.05, 3.63) is 35.9 Å². The molecule has 3 amide bonds. The summed E-state index contributed by atoms with van der Waals surface area (Å²) >= 11 is 0. The lowest BCUT2D eigenvalue weighted by Crippen LogP contribution is -2.57. The highest BCUT2D eigenvalue weighted by Gasteiger charge is 2.80. The molecular weight excluding hydrogens is 500 g/mol. The Bertz CT molecular complexity index is 1070. The molecule has 39 heavy (non-hydrogen) atoms. The van der Waals surface area contributed by atoms with Gasteiger partial charge in [0.15, 0.2) is 0 Å². The van der Waals surface area contributed by atoms with E-state index in [-0.39, 0.29) is 30.2 Å². The first-order valence-corrected chi connectivity index (χ1v) is 14.3. The molecule has 4 aliphatic rings. The zero-order valence-corrected chi connectivity index (χ0v) is 23.2. The second-order valence-corrected chi connectivity index (χ2v) is 11.6. The molecule has 4 saturated heterocycles. The molecule has 3 N–H and O–H groups in total. The summed E-state index contributed by atoms with van der Waals surface area (Å²) in [5.41, 5.74) is -1.28. The van der Waals surface area contributed by atoms with E-state index in [1.54, 1.807) is 0 Å². The molecule has 3 unspecified atom stereocenters. The van der Waals surface area contributed by atoms with Crippen LogP contribution in [-0.4, -0.2) is 102 Å². The van der Waals surface area contributed by atoms with Crippen LogP contribution >= 0.6 is 0 Å². The number of carbonyl (C=O) groups is 3. The maximum Gasteiger partial charge on any atom is 0.245 e. The predicted molar refractivity (Wildman–Crippen MR) is 143 cm³/mol. The van der Waals surface area contributed by atoms with Gasteiger partial charge < -0.3 is 30.1 Å². The van der Waals surface area contributed by atoms with Crippen LogP contribution < -0.4 is 10.6 Å². The van der Waals surface area contributed by atoms with Gasteiger partial charge in [-0.1, -0.05) is 44.2 Å². The summed E-state index contributed by atoms with van der Waals surface area (Å²) in [6.45, 7) is 10.1. The van der Waals surface area contributed by atoms with Crippen LogP contribution in [0.1, 0.15) is 45.2 Å². The summed E-state index contributed by atoms with van der Waals surface area (Å²) in [7, 11) is 0. The maximum atomic E-state index is 14.4. The summed E-state index contributed by atoms with van der Waals surface area (Å²) in [6.07, 6.45) is 1.26. The fourth-order valence-corrected chi connectivity index (χ4v) is 7.36. The van der Waals surface area contributed by atoms with Crippen molar-refractivity contribution in [3.63, 3.8) is 0 Å². The molecule has 1 aromatic carbocycles. The van der Waals surface area contributed by atoms with E-state index in [1.807, 2.05) is 51.1 Å². The molecule has 4 aliphatic heterocycles. The lowest BCUT2D eigenvalue weighted by Gasteiger charge is -2.37. The summed E-state index contributed by atoms with van der Waals surface area (Å²) in [5.74, 6) is -2.38. The molecule has 1 spiro atoms. The van der Waals surface area contributed by atoms with Gasteiger partial charge in [-0.3, -0.25) is 19.3 Å². The van der Waals surface area contributed by atoms with Crippen LogP contribution in [-0.2, 0) is 23.9 Å². The summed E-state index contributed by atoms with van der Waals surface area (Å²) in [6, 6.07) is 7.56. The lowest BCUT2D eigenvalue weighted by atomic mass is 9.62. The zero-order valence-electron chi connectivity index (χ0n) is 23.2. The Hall–Kier alpha value is -2.53. The van der Waals surface area contributed by atoms with Crippen molar-refractivity contribution in [2.45, 2.75) is 56.9 Å². The smallest absolute Gasteiger partial charge is 0.245 e. The van der Waals surface area contributed by atoms with Gasteiger partial charge in [0.05, 0.1) is 43.3 Å². The van der Waals surface area contributed by atoms with E-state index in [0.717, 1.165) is 25.1 Å². The van der Waals surface area contributed by atoms with Gasteiger partial charge in [-0.15, -0.1) is 0 Å². The number of hydrogen-bond donors (Lipinski definition) is 3. The molecular formula is C29H42N4O6. The van der Waals surface area contributed by atoms with Gasteiger partial charge in [0, 0.05) is 32.7 Å². The predicted octanol–water partition coefficient (Wildman–Crippen LogP) is 0.705. The summed E-state index contributed by atoms with van der Waals surface area (Å²) in [4.78, 5) is 45.7. The van der Waals surface area contributed by atoms with Gasteiger partial charge in [-0.25, -0.2) is 0 Å². The van der Waals surface area contributed by atoms with E-state index < -0.39 is 35.1 Å². The van der Waals surface area contributed by atoms with Crippen LogP contribution in [0.15, 0.2) is 30.3 Å². The average molecular weight is 543 g/mol. The monoisotopic (exact) mass is 542 g/mol. The van der Waals surface area contributed by atoms with Crippen LogP contribution in [0.3, 0.4) is 0 Å². The van der Waals surface area contributed by atoms with E-state index in [2.05, 4.69) is 15.5 Å². The molecule has 0 saturated carbocycles. The highest BCUT2D eigenvalue weighted by molar-refractivity contribution is 5.99. The van der Waals surface area contributed by atoms with E-state index in [1.165, 1.54) is 4.90 Å². The van der Waals surface area contributed by atoms with Crippen LogP contribution in [0.4, 0.5) is 0 Å². The van der Waals surface area contributed by atoms with Crippen molar-refractivity contribution in [3.8, 4) is 0 Å². The van der Waals surface area contributed by atoms with Gasteiger partial charge in [0.25, 0.3) is 0 Å². The molecule has 0 radical (unpaired) electrons. The number of amides is 3. The highest BCUT2D eigenvalue weighted by Crippen LogP contribution is 2.65. The molecule has 4 heterocycles. The van der Waals surface area contributed by atoms with E-state index in [9.17, 15) is 19.5 Å². The maximum absolute atomic E-state index is 14.4. The lowest BCUT2D eigenvalue weighted by molar-refractivity contribution is -0.151. The minimum absolute atomic E-state index is 0.0353. The second kappa shape index (κ2) is 11.2. The Morgan fingerprint density at radius 2 is 1.82 bits per heavy atom. The molecule has 7 atom stereocenters. The topological polar surface area (TPSA) is 120 Å². The second-order valence-electron chi connectivity index (χ2n) is 11.6. The van der Waals surface area contributed by atoms with Crippen molar-refractivity contribution < 1.29 is 29.0 Å². The largest absolute Gasteiger partial charge is 0.394 e. The van der Waals surface area contributed by atoms with E-state index >= 15 is 0 Å². The van der Waals surface area contributed by atoms with E-state index in [4.69, 9.17) is 9.47 Å². The minimum Gasteiger partial charge on any atom is -0.394 e. The first kappa shape index (κ1) is 28.0.